The summed E-state index contributed by atoms with van der Waals surface area (Å²) in [5.41, 5.74) is 5.77. The molecule has 0 saturated heterocycles. The van der Waals surface area contributed by atoms with Crippen molar-refractivity contribution in [2.45, 2.75) is 52.6 Å². The number of nitrogens with one attached hydrogen (secondary N) is 1. The third-order valence-electron chi connectivity index (χ3n) is 4.60. The molecule has 2 heterocycles. The molecule has 0 spiro atoms. The third-order valence-corrected chi connectivity index (χ3v) is 4.60. The number of aromatic nitrogens is 2. The van der Waals surface area contributed by atoms with Crippen LogP contribution in [0.5, 0.6) is 0 Å². The second kappa shape index (κ2) is 13.4. The average molecular weight is 504 g/mol. The zero-order valence-electron chi connectivity index (χ0n) is 20.0. The first kappa shape index (κ1) is 30.6. The van der Waals surface area contributed by atoms with E-state index in [1.807, 2.05) is 40.7 Å². The van der Waals surface area contributed by atoms with Crippen molar-refractivity contribution in [3.05, 3.63) is 41.7 Å². The largest absolute Gasteiger partial charge is 0.467 e. The van der Waals surface area contributed by atoms with Gasteiger partial charge >= 0.3 is 5.97 Å². The molecule has 0 saturated carbocycles. The van der Waals surface area contributed by atoms with E-state index in [1.165, 1.54) is 18.2 Å². The number of carbonyl (C=O) groups is 2. The zero-order valence-corrected chi connectivity index (χ0v) is 21.6. The van der Waals surface area contributed by atoms with E-state index in [0.717, 1.165) is 0 Å². The molecule has 0 fully saturated rings. The number of anilines is 1. The quantitative estimate of drug-likeness (QED) is 0.498. The smallest absolute Gasteiger partial charge is 0.329 e. The van der Waals surface area contributed by atoms with Gasteiger partial charge in [0.25, 0.3) is 5.91 Å². The molecule has 2 rings (SSSR count). The van der Waals surface area contributed by atoms with Crippen LogP contribution >= 0.6 is 24.8 Å². The Morgan fingerprint density at radius 1 is 1.27 bits per heavy atom. The SMILES string of the molecule is COC(=O)[C@@H](CN)N(CC(C)C)C(=O)c1cnc(C(C)(C)C)nc1NCc1ccco1.Cl.Cl. The van der Waals surface area contributed by atoms with Gasteiger partial charge in [-0.05, 0) is 18.1 Å². The number of carbonyl (C=O) groups excluding carboxylic acids is 2. The molecule has 3 N–H and O–H groups in total. The number of hydrogen-bond acceptors (Lipinski definition) is 8. The summed E-state index contributed by atoms with van der Waals surface area (Å²) in [6.07, 6.45) is 3.08. The lowest BCUT2D eigenvalue weighted by Gasteiger charge is -2.31. The van der Waals surface area contributed by atoms with Crippen LogP contribution in [0.4, 0.5) is 5.82 Å². The average Bonchev–Trinajstić information content (AvgIpc) is 3.23. The second-order valence-electron chi connectivity index (χ2n) is 8.76. The van der Waals surface area contributed by atoms with Crippen molar-refractivity contribution >= 4 is 42.5 Å². The van der Waals surface area contributed by atoms with Crippen LogP contribution in [0, 0.1) is 5.92 Å². The van der Waals surface area contributed by atoms with Crippen molar-refractivity contribution in [3.8, 4) is 0 Å². The van der Waals surface area contributed by atoms with Crippen LogP contribution in [0.25, 0.3) is 0 Å². The Hall–Kier alpha value is -2.36. The Labute approximate surface area is 207 Å². The van der Waals surface area contributed by atoms with Crippen LogP contribution in [0.1, 0.15) is 56.6 Å². The van der Waals surface area contributed by atoms with Gasteiger partial charge in [-0.1, -0.05) is 34.6 Å². The summed E-state index contributed by atoms with van der Waals surface area (Å²) < 4.78 is 10.2. The van der Waals surface area contributed by atoms with Gasteiger partial charge in [-0.15, -0.1) is 24.8 Å². The van der Waals surface area contributed by atoms with E-state index in [2.05, 4.69) is 15.3 Å². The van der Waals surface area contributed by atoms with E-state index >= 15 is 0 Å². The Kier molecular flexibility index (Phi) is 12.4. The number of rotatable bonds is 9. The van der Waals surface area contributed by atoms with E-state index < -0.39 is 17.9 Å². The third kappa shape index (κ3) is 8.17. The van der Waals surface area contributed by atoms with Gasteiger partial charge < -0.3 is 25.1 Å². The lowest BCUT2D eigenvalue weighted by molar-refractivity contribution is -0.145. The lowest BCUT2D eigenvalue weighted by atomic mass is 9.95. The van der Waals surface area contributed by atoms with E-state index in [9.17, 15) is 9.59 Å². The first-order chi connectivity index (χ1) is 14.6. The first-order valence-corrected chi connectivity index (χ1v) is 10.3. The molecule has 33 heavy (non-hydrogen) atoms. The summed E-state index contributed by atoms with van der Waals surface area (Å²) in [6.45, 7) is 10.5. The normalized spacial score (nSPS) is 11.8. The minimum Gasteiger partial charge on any atom is -0.467 e. The zero-order chi connectivity index (χ0) is 23.2. The number of esters is 1. The van der Waals surface area contributed by atoms with Gasteiger partial charge in [0.15, 0.2) is 0 Å². The molecule has 0 radical (unpaired) electrons. The topological polar surface area (TPSA) is 124 Å². The number of amides is 1. The van der Waals surface area contributed by atoms with Crippen molar-refractivity contribution in [3.63, 3.8) is 0 Å². The molecule has 0 aliphatic rings. The maximum atomic E-state index is 13.6. The second-order valence-corrected chi connectivity index (χ2v) is 8.76. The van der Waals surface area contributed by atoms with Crippen molar-refractivity contribution in [2.24, 2.45) is 11.7 Å². The van der Waals surface area contributed by atoms with Gasteiger partial charge in [-0.25, -0.2) is 14.8 Å². The standard InChI is InChI=1S/C22H33N5O4.2ClH/c1-14(2)13-27(17(10-23)20(29)30-6)19(28)16-12-25-21(22(3,4)5)26-18(16)24-11-15-8-7-9-31-15;;/h7-9,12,14,17H,10-11,13,23H2,1-6H3,(H,24,25,26);2*1H/t17-;;/m1../s1. The molecule has 2 aromatic rings. The highest BCUT2D eigenvalue weighted by molar-refractivity contribution is 6.00. The van der Waals surface area contributed by atoms with E-state index in [-0.39, 0.29) is 48.3 Å². The van der Waals surface area contributed by atoms with Crippen molar-refractivity contribution in [1.29, 1.82) is 0 Å². The Balaban J connectivity index is 0.00000512. The van der Waals surface area contributed by atoms with Gasteiger partial charge in [-0.2, -0.15) is 0 Å². The molecule has 0 bridgehead atoms. The Morgan fingerprint density at radius 3 is 2.42 bits per heavy atom. The molecule has 0 aromatic carbocycles. The Morgan fingerprint density at radius 2 is 1.94 bits per heavy atom. The number of nitrogens with two attached hydrogens (primary N) is 1. The number of hydrogen-bond donors (Lipinski definition) is 2. The summed E-state index contributed by atoms with van der Waals surface area (Å²) in [5.74, 6) is 0.811. The molecule has 1 amide bonds. The number of nitrogens with zero attached hydrogens (tertiary/aromatic N) is 3. The fourth-order valence-corrected chi connectivity index (χ4v) is 3.00. The molecule has 9 nitrogen and oxygen atoms in total. The highest BCUT2D eigenvalue weighted by Gasteiger charge is 2.33. The van der Waals surface area contributed by atoms with Crippen LogP contribution in [0.15, 0.2) is 29.0 Å². The van der Waals surface area contributed by atoms with Gasteiger partial charge in [0, 0.05) is 24.7 Å². The minimum atomic E-state index is -0.903. The molecule has 1 atom stereocenters. The fraction of sp³-hybridized carbons (Fsp3) is 0.545. The minimum absolute atomic E-state index is 0. The fourth-order valence-electron chi connectivity index (χ4n) is 3.00. The molecule has 0 unspecified atom stereocenters. The molecular weight excluding hydrogens is 469 g/mol. The lowest BCUT2D eigenvalue weighted by Crippen LogP contribution is -2.51. The van der Waals surface area contributed by atoms with Crippen LogP contribution in [-0.2, 0) is 21.5 Å². The van der Waals surface area contributed by atoms with Crippen molar-refractivity contribution in [1.82, 2.24) is 14.9 Å². The molecule has 0 aliphatic carbocycles. The summed E-state index contributed by atoms with van der Waals surface area (Å²) in [6, 6.07) is 2.71. The Bertz CT molecular complexity index is 885. The molecular formula is C22H35Cl2N5O4. The van der Waals surface area contributed by atoms with Crippen LogP contribution in [0.3, 0.4) is 0 Å². The highest BCUT2D eigenvalue weighted by atomic mass is 35.5. The monoisotopic (exact) mass is 503 g/mol. The number of methoxy groups -OCH3 is 1. The van der Waals surface area contributed by atoms with Crippen LogP contribution in [-0.4, -0.2) is 53.0 Å². The summed E-state index contributed by atoms with van der Waals surface area (Å²) >= 11 is 0. The van der Waals surface area contributed by atoms with Gasteiger partial charge in [-0.3, -0.25) is 4.79 Å². The first-order valence-electron chi connectivity index (χ1n) is 10.3. The molecule has 186 valence electrons. The van der Waals surface area contributed by atoms with Crippen LogP contribution in [0.2, 0.25) is 0 Å². The van der Waals surface area contributed by atoms with Crippen molar-refractivity contribution < 1.29 is 18.7 Å². The maximum Gasteiger partial charge on any atom is 0.329 e. The summed E-state index contributed by atoms with van der Waals surface area (Å²) in [5, 5.41) is 3.18. The number of ether oxygens (including phenoxy) is 1. The number of halogens is 2. The predicted octanol–water partition coefficient (Wildman–Crippen LogP) is 3.42. The van der Waals surface area contributed by atoms with Gasteiger partial charge in [0.1, 0.15) is 29.0 Å². The maximum absolute atomic E-state index is 13.6. The van der Waals surface area contributed by atoms with Gasteiger partial charge in [0.2, 0.25) is 0 Å². The molecule has 2 aromatic heterocycles. The highest BCUT2D eigenvalue weighted by Crippen LogP contribution is 2.24. The molecule has 0 aliphatic heterocycles. The van der Waals surface area contributed by atoms with Crippen molar-refractivity contribution in [2.75, 3.05) is 25.5 Å². The van der Waals surface area contributed by atoms with Gasteiger partial charge in [0.05, 0.1) is 19.9 Å². The number of furan rings is 1. The van der Waals surface area contributed by atoms with E-state index in [1.54, 1.807) is 12.3 Å². The molecule has 11 heteroatoms. The summed E-state index contributed by atoms with van der Waals surface area (Å²) in [4.78, 5) is 36.3. The summed E-state index contributed by atoms with van der Waals surface area (Å²) in [7, 11) is 1.28. The van der Waals surface area contributed by atoms with E-state index in [4.69, 9.17) is 14.9 Å². The van der Waals surface area contributed by atoms with Crippen LogP contribution < -0.4 is 11.1 Å². The predicted molar refractivity (Wildman–Crippen MR) is 132 cm³/mol. The van der Waals surface area contributed by atoms with E-state index in [0.29, 0.717) is 30.5 Å².